The van der Waals surface area contributed by atoms with Gasteiger partial charge in [-0.2, -0.15) is 0 Å². The summed E-state index contributed by atoms with van der Waals surface area (Å²) in [7, 11) is 1.74. The molecule has 3 heteroatoms. The van der Waals surface area contributed by atoms with Crippen molar-refractivity contribution in [1.29, 1.82) is 0 Å². The van der Waals surface area contributed by atoms with Gasteiger partial charge in [0.25, 0.3) is 0 Å². The van der Waals surface area contributed by atoms with Crippen molar-refractivity contribution in [2.45, 2.75) is 51.7 Å². The number of rotatable bonds is 4. The zero-order chi connectivity index (χ0) is 14.0. The molecular weight excluding hydrogens is 236 g/mol. The third kappa shape index (κ3) is 2.77. The number of nitrogens with zero attached hydrogens (tertiary/aromatic N) is 1. The highest BCUT2D eigenvalue weighted by Crippen LogP contribution is 2.31. The quantitative estimate of drug-likeness (QED) is 0.906. The van der Waals surface area contributed by atoms with Crippen LogP contribution in [0.15, 0.2) is 18.2 Å². The van der Waals surface area contributed by atoms with Crippen molar-refractivity contribution in [3.05, 3.63) is 29.3 Å². The molecule has 1 aliphatic heterocycles. The fraction of sp³-hybridized carbons (Fsp3) is 0.625. The van der Waals surface area contributed by atoms with Gasteiger partial charge in [0.15, 0.2) is 0 Å². The summed E-state index contributed by atoms with van der Waals surface area (Å²) in [5, 5.41) is 0. The first-order valence-corrected chi connectivity index (χ1v) is 7.15. The van der Waals surface area contributed by atoms with Crippen LogP contribution in [0.2, 0.25) is 0 Å². The molecule has 3 nitrogen and oxygen atoms in total. The topological polar surface area (TPSA) is 38.5 Å². The molecule has 1 heterocycles. The van der Waals surface area contributed by atoms with Gasteiger partial charge in [-0.25, -0.2) is 0 Å². The third-order valence-electron chi connectivity index (χ3n) is 4.55. The predicted molar refractivity (Wildman–Crippen MR) is 79.5 cm³/mol. The molecule has 2 rings (SSSR count). The summed E-state index contributed by atoms with van der Waals surface area (Å²) in [5.41, 5.74) is 8.90. The van der Waals surface area contributed by atoms with Crippen molar-refractivity contribution in [3.63, 3.8) is 0 Å². The maximum absolute atomic E-state index is 6.21. The SMILES string of the molecule is CCc1ccc(OC)c(CN2CCC(N)C2(C)C)c1. The molecule has 1 aromatic carbocycles. The summed E-state index contributed by atoms with van der Waals surface area (Å²) in [6.45, 7) is 8.63. The van der Waals surface area contributed by atoms with E-state index in [1.165, 1.54) is 11.1 Å². The summed E-state index contributed by atoms with van der Waals surface area (Å²) >= 11 is 0. The van der Waals surface area contributed by atoms with Crippen LogP contribution in [0.5, 0.6) is 5.75 Å². The molecule has 0 aliphatic carbocycles. The molecule has 0 saturated carbocycles. The summed E-state index contributed by atoms with van der Waals surface area (Å²) in [6, 6.07) is 6.74. The molecule has 0 spiro atoms. The average Bonchev–Trinajstić information content (AvgIpc) is 2.65. The molecule has 1 aromatic rings. The van der Waals surface area contributed by atoms with E-state index in [9.17, 15) is 0 Å². The van der Waals surface area contributed by atoms with Gasteiger partial charge in [-0.15, -0.1) is 0 Å². The molecule has 106 valence electrons. The van der Waals surface area contributed by atoms with E-state index >= 15 is 0 Å². The minimum atomic E-state index is 0.0627. The van der Waals surface area contributed by atoms with Crippen LogP contribution < -0.4 is 10.5 Å². The highest BCUT2D eigenvalue weighted by Gasteiger charge is 2.38. The van der Waals surface area contributed by atoms with Gasteiger partial charge >= 0.3 is 0 Å². The molecule has 1 unspecified atom stereocenters. The number of nitrogens with two attached hydrogens (primary N) is 1. The Morgan fingerprint density at radius 3 is 2.68 bits per heavy atom. The zero-order valence-electron chi connectivity index (χ0n) is 12.6. The summed E-state index contributed by atoms with van der Waals surface area (Å²) < 4.78 is 5.49. The molecule has 19 heavy (non-hydrogen) atoms. The summed E-state index contributed by atoms with van der Waals surface area (Å²) in [5.74, 6) is 0.980. The molecule has 0 aromatic heterocycles. The number of benzene rings is 1. The summed E-state index contributed by atoms with van der Waals surface area (Å²) in [4.78, 5) is 2.47. The molecule has 0 bridgehead atoms. The maximum atomic E-state index is 6.21. The normalized spacial score (nSPS) is 22.7. The number of ether oxygens (including phenoxy) is 1. The molecule has 0 amide bonds. The lowest BCUT2D eigenvalue weighted by atomic mass is 9.96. The molecule has 1 saturated heterocycles. The first-order valence-electron chi connectivity index (χ1n) is 7.15. The van der Waals surface area contributed by atoms with Gasteiger partial charge in [-0.3, -0.25) is 4.90 Å². The van der Waals surface area contributed by atoms with Crippen molar-refractivity contribution >= 4 is 0 Å². The lowest BCUT2D eigenvalue weighted by Gasteiger charge is -2.34. The summed E-state index contributed by atoms with van der Waals surface area (Å²) in [6.07, 6.45) is 2.13. The van der Waals surface area contributed by atoms with Gasteiger partial charge in [0.05, 0.1) is 7.11 Å². The molecule has 1 fully saturated rings. The van der Waals surface area contributed by atoms with Crippen LogP contribution in [0.1, 0.15) is 38.3 Å². The van der Waals surface area contributed by atoms with Gasteiger partial charge in [-0.05, 0) is 38.3 Å². The standard InChI is InChI=1S/C16H26N2O/c1-5-12-6-7-14(19-4)13(10-12)11-18-9-8-15(17)16(18,2)3/h6-7,10,15H,5,8-9,11,17H2,1-4H3. The van der Waals surface area contributed by atoms with Gasteiger partial charge in [0, 0.05) is 30.2 Å². The van der Waals surface area contributed by atoms with E-state index in [4.69, 9.17) is 10.5 Å². The maximum Gasteiger partial charge on any atom is 0.123 e. The third-order valence-corrected chi connectivity index (χ3v) is 4.55. The Kier molecular flexibility index (Phi) is 4.16. The number of hydrogen-bond acceptors (Lipinski definition) is 3. The van der Waals surface area contributed by atoms with Crippen molar-refractivity contribution in [2.75, 3.05) is 13.7 Å². The number of aryl methyl sites for hydroxylation is 1. The molecule has 1 atom stereocenters. The lowest BCUT2D eigenvalue weighted by Crippen LogP contribution is -2.48. The van der Waals surface area contributed by atoms with E-state index in [1.807, 2.05) is 0 Å². The van der Waals surface area contributed by atoms with Crippen LogP contribution >= 0.6 is 0 Å². The molecular formula is C16H26N2O. The van der Waals surface area contributed by atoms with Gasteiger partial charge in [0.2, 0.25) is 0 Å². The van der Waals surface area contributed by atoms with E-state index in [0.717, 1.165) is 31.7 Å². The highest BCUT2D eigenvalue weighted by molar-refractivity contribution is 5.37. The average molecular weight is 262 g/mol. The van der Waals surface area contributed by atoms with Crippen LogP contribution in [0, 0.1) is 0 Å². The second-order valence-corrected chi connectivity index (χ2v) is 5.97. The van der Waals surface area contributed by atoms with Crippen molar-refractivity contribution < 1.29 is 4.74 Å². The Balaban J connectivity index is 2.23. The Labute approximate surface area is 116 Å². The monoisotopic (exact) mass is 262 g/mol. The second kappa shape index (κ2) is 5.51. The van der Waals surface area contributed by atoms with Crippen LogP contribution in [0.3, 0.4) is 0 Å². The van der Waals surface area contributed by atoms with Gasteiger partial charge in [-0.1, -0.05) is 19.1 Å². The first-order chi connectivity index (χ1) is 8.98. The fourth-order valence-electron chi connectivity index (χ4n) is 2.83. The number of methoxy groups -OCH3 is 1. The Morgan fingerprint density at radius 1 is 1.42 bits per heavy atom. The number of likely N-dealkylation sites (tertiary alicyclic amines) is 1. The van der Waals surface area contributed by atoms with E-state index in [2.05, 4.69) is 43.9 Å². The van der Waals surface area contributed by atoms with Crippen LogP contribution in [-0.4, -0.2) is 30.1 Å². The smallest absolute Gasteiger partial charge is 0.123 e. The van der Waals surface area contributed by atoms with E-state index in [-0.39, 0.29) is 11.6 Å². The first kappa shape index (κ1) is 14.4. The minimum Gasteiger partial charge on any atom is -0.496 e. The van der Waals surface area contributed by atoms with Crippen molar-refractivity contribution in [1.82, 2.24) is 4.90 Å². The van der Waals surface area contributed by atoms with Gasteiger partial charge < -0.3 is 10.5 Å². The Bertz CT molecular complexity index is 442. The highest BCUT2D eigenvalue weighted by atomic mass is 16.5. The Morgan fingerprint density at radius 2 is 2.16 bits per heavy atom. The lowest BCUT2D eigenvalue weighted by molar-refractivity contribution is 0.153. The van der Waals surface area contributed by atoms with E-state index in [1.54, 1.807) is 7.11 Å². The van der Waals surface area contributed by atoms with Crippen molar-refractivity contribution in [3.8, 4) is 5.75 Å². The van der Waals surface area contributed by atoms with Crippen LogP contribution in [-0.2, 0) is 13.0 Å². The minimum absolute atomic E-state index is 0.0627. The second-order valence-electron chi connectivity index (χ2n) is 5.97. The fourth-order valence-corrected chi connectivity index (χ4v) is 2.83. The molecule has 1 aliphatic rings. The van der Waals surface area contributed by atoms with Crippen LogP contribution in [0.4, 0.5) is 0 Å². The Hall–Kier alpha value is -1.06. The van der Waals surface area contributed by atoms with Crippen LogP contribution in [0.25, 0.3) is 0 Å². The van der Waals surface area contributed by atoms with E-state index in [0.29, 0.717) is 0 Å². The zero-order valence-corrected chi connectivity index (χ0v) is 12.6. The molecule has 0 radical (unpaired) electrons. The van der Waals surface area contributed by atoms with E-state index < -0.39 is 0 Å². The van der Waals surface area contributed by atoms with Gasteiger partial charge in [0.1, 0.15) is 5.75 Å². The largest absolute Gasteiger partial charge is 0.496 e. The van der Waals surface area contributed by atoms with Crippen molar-refractivity contribution in [2.24, 2.45) is 5.73 Å². The predicted octanol–water partition coefficient (Wildman–Crippen LogP) is 2.57. The number of hydrogen-bond donors (Lipinski definition) is 1. The molecule has 2 N–H and O–H groups in total.